The van der Waals surface area contributed by atoms with Gasteiger partial charge < -0.3 is 0 Å². The van der Waals surface area contributed by atoms with E-state index in [1.807, 2.05) is 6.07 Å². The summed E-state index contributed by atoms with van der Waals surface area (Å²) in [6, 6.07) is 11.5. The average molecular weight is 384 g/mol. The van der Waals surface area contributed by atoms with E-state index in [1.54, 1.807) is 30.3 Å². The zero-order valence-corrected chi connectivity index (χ0v) is 12.9. The van der Waals surface area contributed by atoms with Crippen molar-refractivity contribution in [2.24, 2.45) is 0 Å². The van der Waals surface area contributed by atoms with Crippen LogP contribution in [0.25, 0.3) is 6.08 Å². The van der Waals surface area contributed by atoms with Gasteiger partial charge in [0.15, 0.2) is 5.78 Å². The first-order valence-corrected chi connectivity index (χ1v) is 7.08. The monoisotopic (exact) mass is 382 g/mol. The molecule has 96 valence electrons. The molecule has 0 aliphatic carbocycles. The lowest BCUT2D eigenvalue weighted by Gasteiger charge is -2.00. The molecule has 0 radical (unpaired) electrons. The molecule has 0 saturated heterocycles. The molecule has 1 nitrogen and oxygen atoms in total. The van der Waals surface area contributed by atoms with E-state index in [2.05, 4.69) is 31.9 Å². The Balaban J connectivity index is 2.26. The molecule has 4 heteroatoms. The van der Waals surface area contributed by atoms with Crippen LogP contribution in [0.3, 0.4) is 0 Å². The summed E-state index contributed by atoms with van der Waals surface area (Å²) in [6.07, 6.45) is 3.02. The van der Waals surface area contributed by atoms with Gasteiger partial charge in [0, 0.05) is 14.5 Å². The van der Waals surface area contributed by atoms with Crippen molar-refractivity contribution in [2.45, 2.75) is 0 Å². The van der Waals surface area contributed by atoms with Crippen LogP contribution >= 0.6 is 31.9 Å². The summed E-state index contributed by atoms with van der Waals surface area (Å²) in [5.41, 5.74) is 1.20. The maximum Gasteiger partial charge on any atom is 0.186 e. The Morgan fingerprint density at radius 3 is 2.53 bits per heavy atom. The zero-order chi connectivity index (χ0) is 13.8. The van der Waals surface area contributed by atoms with Gasteiger partial charge in [0.2, 0.25) is 0 Å². The molecule has 0 heterocycles. The summed E-state index contributed by atoms with van der Waals surface area (Å²) in [5, 5.41) is 0. The number of hydrogen-bond donors (Lipinski definition) is 0. The summed E-state index contributed by atoms with van der Waals surface area (Å²) < 4.78 is 14.6. The zero-order valence-electron chi connectivity index (χ0n) is 9.74. The van der Waals surface area contributed by atoms with Gasteiger partial charge in [-0.25, -0.2) is 4.39 Å². The summed E-state index contributed by atoms with van der Waals surface area (Å²) in [5.74, 6) is -0.472. The van der Waals surface area contributed by atoms with E-state index < -0.39 is 0 Å². The number of hydrogen-bond acceptors (Lipinski definition) is 1. The van der Waals surface area contributed by atoms with Crippen molar-refractivity contribution in [2.75, 3.05) is 0 Å². The lowest BCUT2D eigenvalue weighted by molar-refractivity contribution is 0.104. The fraction of sp³-hybridized carbons (Fsp3) is 0. The van der Waals surface area contributed by atoms with Gasteiger partial charge in [0.05, 0.1) is 0 Å². The fourth-order valence-electron chi connectivity index (χ4n) is 1.56. The van der Waals surface area contributed by atoms with Gasteiger partial charge in [-0.3, -0.25) is 4.79 Å². The minimum absolute atomic E-state index is 0.136. The van der Waals surface area contributed by atoms with Crippen LogP contribution in [0.4, 0.5) is 4.39 Å². The molecule has 0 fully saturated rings. The molecule has 19 heavy (non-hydrogen) atoms. The summed E-state index contributed by atoms with van der Waals surface area (Å²) in [4.78, 5) is 12.0. The van der Waals surface area contributed by atoms with E-state index in [0.29, 0.717) is 11.1 Å². The number of carbonyl (C=O) groups excluding carboxylic acids is 1. The molecule has 2 rings (SSSR count). The SMILES string of the molecule is O=C(/C=C/c1cc(F)ccc1Br)c1ccccc1Br. The van der Waals surface area contributed by atoms with Gasteiger partial charge >= 0.3 is 0 Å². The molecule has 0 amide bonds. The number of allylic oxidation sites excluding steroid dienone is 1. The molecular weight excluding hydrogens is 375 g/mol. The van der Waals surface area contributed by atoms with Crippen LogP contribution < -0.4 is 0 Å². The Labute approximate surface area is 127 Å². The van der Waals surface area contributed by atoms with Crippen molar-refractivity contribution in [1.29, 1.82) is 0 Å². The first kappa shape index (κ1) is 14.2. The summed E-state index contributed by atoms with van der Waals surface area (Å²) in [7, 11) is 0. The fourth-order valence-corrected chi connectivity index (χ4v) is 2.42. The third-order valence-electron chi connectivity index (χ3n) is 2.51. The minimum Gasteiger partial charge on any atom is -0.289 e. The molecule has 0 atom stereocenters. The quantitative estimate of drug-likeness (QED) is 0.522. The van der Waals surface area contributed by atoms with Gasteiger partial charge in [-0.2, -0.15) is 0 Å². The Morgan fingerprint density at radius 1 is 1.05 bits per heavy atom. The average Bonchev–Trinajstić information content (AvgIpc) is 2.40. The lowest BCUT2D eigenvalue weighted by atomic mass is 10.1. The molecule has 2 aromatic carbocycles. The van der Waals surface area contributed by atoms with Crippen molar-refractivity contribution in [3.63, 3.8) is 0 Å². The summed E-state index contributed by atoms with van der Waals surface area (Å²) in [6.45, 7) is 0. The van der Waals surface area contributed by atoms with E-state index in [9.17, 15) is 9.18 Å². The van der Waals surface area contributed by atoms with Crippen molar-refractivity contribution in [3.05, 3.63) is 74.4 Å². The van der Waals surface area contributed by atoms with Gasteiger partial charge in [-0.15, -0.1) is 0 Å². The molecule has 0 saturated carbocycles. The number of halogens is 3. The maximum atomic E-state index is 13.1. The van der Waals surface area contributed by atoms with Crippen LogP contribution in [0, 0.1) is 5.82 Å². The van der Waals surface area contributed by atoms with Gasteiger partial charge in [-0.05, 0) is 48.0 Å². The Morgan fingerprint density at radius 2 is 1.79 bits per heavy atom. The van der Waals surface area contributed by atoms with Crippen molar-refractivity contribution in [3.8, 4) is 0 Å². The van der Waals surface area contributed by atoms with Gasteiger partial charge in [-0.1, -0.05) is 44.0 Å². The normalized spacial score (nSPS) is 10.9. The van der Waals surface area contributed by atoms with Crippen LogP contribution in [-0.4, -0.2) is 5.78 Å². The maximum absolute atomic E-state index is 13.1. The number of carbonyl (C=O) groups is 1. The van der Waals surface area contributed by atoms with E-state index in [1.165, 1.54) is 18.2 Å². The summed E-state index contributed by atoms with van der Waals surface area (Å²) >= 11 is 6.64. The first-order chi connectivity index (χ1) is 9.08. The van der Waals surface area contributed by atoms with Crippen LogP contribution in [0.15, 0.2) is 57.5 Å². The van der Waals surface area contributed by atoms with Crippen LogP contribution in [0.5, 0.6) is 0 Å². The number of rotatable bonds is 3. The highest BCUT2D eigenvalue weighted by atomic mass is 79.9. The molecule has 0 aliphatic heterocycles. The standard InChI is InChI=1S/C15H9Br2FO/c16-13-7-6-11(18)9-10(13)5-8-15(19)12-3-1-2-4-14(12)17/h1-9H/b8-5+. The Hall–Kier alpha value is -1.26. The molecule has 0 bridgehead atoms. The third kappa shape index (κ3) is 3.61. The van der Waals surface area contributed by atoms with Gasteiger partial charge in [0.1, 0.15) is 5.82 Å². The van der Waals surface area contributed by atoms with Crippen molar-refractivity contribution < 1.29 is 9.18 Å². The van der Waals surface area contributed by atoms with Crippen LogP contribution in [0.2, 0.25) is 0 Å². The predicted octanol–water partition coefficient (Wildman–Crippen LogP) is 5.25. The first-order valence-electron chi connectivity index (χ1n) is 5.50. The topological polar surface area (TPSA) is 17.1 Å². The van der Waals surface area contributed by atoms with E-state index in [0.717, 1.165) is 8.95 Å². The molecule has 0 spiro atoms. The van der Waals surface area contributed by atoms with E-state index >= 15 is 0 Å². The molecule has 0 N–H and O–H groups in total. The van der Waals surface area contributed by atoms with E-state index in [-0.39, 0.29) is 11.6 Å². The lowest BCUT2D eigenvalue weighted by Crippen LogP contribution is -1.95. The molecular formula is C15H9Br2FO. The van der Waals surface area contributed by atoms with E-state index in [4.69, 9.17) is 0 Å². The molecule has 0 unspecified atom stereocenters. The van der Waals surface area contributed by atoms with Crippen LogP contribution in [0.1, 0.15) is 15.9 Å². The van der Waals surface area contributed by atoms with Crippen molar-refractivity contribution in [1.82, 2.24) is 0 Å². The smallest absolute Gasteiger partial charge is 0.186 e. The molecule has 2 aromatic rings. The molecule has 0 aromatic heterocycles. The van der Waals surface area contributed by atoms with Gasteiger partial charge in [0.25, 0.3) is 0 Å². The second kappa shape index (κ2) is 6.26. The van der Waals surface area contributed by atoms with Crippen LogP contribution in [-0.2, 0) is 0 Å². The third-order valence-corrected chi connectivity index (χ3v) is 3.93. The minimum atomic E-state index is -0.337. The number of benzene rings is 2. The Bertz CT molecular complexity index is 650. The highest BCUT2D eigenvalue weighted by Gasteiger charge is 2.06. The predicted molar refractivity (Wildman–Crippen MR) is 81.6 cm³/mol. The second-order valence-electron chi connectivity index (χ2n) is 3.84. The largest absolute Gasteiger partial charge is 0.289 e. The Kier molecular flexibility index (Phi) is 4.66. The highest BCUT2D eigenvalue weighted by Crippen LogP contribution is 2.21. The molecule has 0 aliphatic rings. The van der Waals surface area contributed by atoms with Crippen molar-refractivity contribution >= 4 is 43.7 Å². The number of ketones is 1. The second-order valence-corrected chi connectivity index (χ2v) is 5.55. The highest BCUT2D eigenvalue weighted by molar-refractivity contribution is 9.10.